The minimum absolute atomic E-state index is 0.130. The fraction of sp³-hybridized carbons (Fsp3) is 0.595. The van der Waals surface area contributed by atoms with Gasteiger partial charge < -0.3 is 23.8 Å². The van der Waals surface area contributed by atoms with Crippen LogP contribution >= 0.6 is 22.9 Å². The molecule has 14 nitrogen and oxygen atoms in total. The molecule has 3 aliphatic heterocycles. The molecule has 0 bridgehead atoms. The molecule has 5 heterocycles. The SMILES string of the molecule is C=C[C@@H]1C[C@]1(CC(=O)[C@@H]1C[C@@H](Oc2cc(-c3nc(C(C)C)cs3)nc3c(Cl)c(OCCN4CCOCC4)ccc23)[C@H]2CO[C@@H](C(C)C)C(=O)N21)C(=O)NS(=O)(=O)C1CC1. The number of nitrogens with one attached hydrogen (secondary N) is 1. The fourth-order valence-electron chi connectivity index (χ4n) is 8.49. The first-order valence-corrected chi connectivity index (χ1v) is 23.3. The molecule has 59 heavy (non-hydrogen) atoms. The van der Waals surface area contributed by atoms with E-state index < -0.39 is 50.9 Å². The number of Topliss-reactive ketones (excluding diaryl/α,β-unsaturated/α-hetero) is 1. The summed E-state index contributed by atoms with van der Waals surface area (Å²) < 4.78 is 52.6. The smallest absolute Gasteiger partial charge is 0.253 e. The van der Waals surface area contributed by atoms with Crippen LogP contribution in [0.15, 0.2) is 36.2 Å². The van der Waals surface area contributed by atoms with Crippen molar-refractivity contribution in [3.63, 3.8) is 0 Å². The van der Waals surface area contributed by atoms with Crippen LogP contribution < -0.4 is 14.2 Å². The van der Waals surface area contributed by atoms with Gasteiger partial charge in [0.1, 0.15) is 46.0 Å². The van der Waals surface area contributed by atoms with E-state index in [4.69, 9.17) is 40.5 Å². The van der Waals surface area contributed by atoms with Gasteiger partial charge in [-0.3, -0.25) is 24.0 Å². The van der Waals surface area contributed by atoms with Crippen LogP contribution in [0.25, 0.3) is 21.6 Å². The molecular formula is C42H52ClN5O9S2. The number of carbonyl (C=O) groups excluding carboxylic acids is 3. The highest BCUT2D eigenvalue weighted by Crippen LogP contribution is 2.57. The fourth-order valence-corrected chi connectivity index (χ4v) is 11.1. The van der Waals surface area contributed by atoms with Crippen molar-refractivity contribution in [2.75, 3.05) is 46.1 Å². The number of thiazole rings is 1. The quantitative estimate of drug-likeness (QED) is 0.183. The van der Waals surface area contributed by atoms with Crippen molar-refractivity contribution in [1.29, 1.82) is 0 Å². The Morgan fingerprint density at radius 1 is 1.15 bits per heavy atom. The third kappa shape index (κ3) is 8.37. The van der Waals surface area contributed by atoms with Crippen molar-refractivity contribution in [2.24, 2.45) is 17.3 Å². The zero-order valence-corrected chi connectivity index (χ0v) is 36.2. The topological polar surface area (TPSA) is 167 Å². The maximum Gasteiger partial charge on any atom is 0.253 e. The maximum atomic E-state index is 14.5. The molecule has 2 aromatic heterocycles. The predicted molar refractivity (Wildman–Crippen MR) is 223 cm³/mol. The van der Waals surface area contributed by atoms with Crippen LogP contribution in [0.4, 0.5) is 0 Å². The van der Waals surface area contributed by atoms with E-state index in [1.54, 1.807) is 17.0 Å². The number of sulfonamides is 1. The molecule has 318 valence electrons. The summed E-state index contributed by atoms with van der Waals surface area (Å²) >= 11 is 8.56. The summed E-state index contributed by atoms with van der Waals surface area (Å²) in [4.78, 5) is 56.1. The Morgan fingerprint density at radius 3 is 2.58 bits per heavy atom. The van der Waals surface area contributed by atoms with Crippen molar-refractivity contribution in [1.82, 2.24) is 24.5 Å². The molecule has 1 aromatic carbocycles. The first-order chi connectivity index (χ1) is 28.2. The van der Waals surface area contributed by atoms with Gasteiger partial charge in [-0.15, -0.1) is 17.9 Å². The second kappa shape index (κ2) is 16.7. The molecule has 6 atom stereocenters. The Labute approximate surface area is 354 Å². The maximum absolute atomic E-state index is 14.5. The molecule has 2 amide bonds. The van der Waals surface area contributed by atoms with Crippen LogP contribution in [0.2, 0.25) is 5.02 Å². The summed E-state index contributed by atoms with van der Waals surface area (Å²) in [7, 11) is -3.84. The number of nitrogens with zero attached hydrogens (tertiary/aromatic N) is 4. The van der Waals surface area contributed by atoms with E-state index in [0.29, 0.717) is 77.3 Å². The molecule has 0 unspecified atom stereocenters. The number of pyridine rings is 1. The van der Waals surface area contributed by atoms with Crippen molar-refractivity contribution < 1.29 is 41.7 Å². The molecule has 8 rings (SSSR count). The minimum atomic E-state index is -3.84. The summed E-state index contributed by atoms with van der Waals surface area (Å²) in [6.07, 6.45) is 1.30. The third-order valence-electron chi connectivity index (χ3n) is 12.3. The molecule has 1 N–H and O–H groups in total. The lowest BCUT2D eigenvalue weighted by Gasteiger charge is -2.40. The van der Waals surface area contributed by atoms with Gasteiger partial charge in [0.15, 0.2) is 5.78 Å². The molecule has 5 fully saturated rings. The predicted octanol–water partition coefficient (Wildman–Crippen LogP) is 5.38. The number of hydrogen-bond acceptors (Lipinski definition) is 13. The van der Waals surface area contributed by atoms with Crippen LogP contribution in [0.3, 0.4) is 0 Å². The second-order valence-corrected chi connectivity index (χ2v) is 20.3. The summed E-state index contributed by atoms with van der Waals surface area (Å²) in [6.45, 7) is 16.1. The molecular weight excluding hydrogens is 818 g/mol. The Morgan fingerprint density at radius 2 is 1.92 bits per heavy atom. The van der Waals surface area contributed by atoms with E-state index in [-0.39, 0.29) is 55.3 Å². The number of carbonyl (C=O) groups is 3. The number of allylic oxidation sites excluding steroid dienone is 1. The van der Waals surface area contributed by atoms with Crippen molar-refractivity contribution in [2.45, 2.75) is 95.3 Å². The van der Waals surface area contributed by atoms with Crippen molar-refractivity contribution in [3.05, 3.63) is 47.0 Å². The average molecular weight is 870 g/mol. The van der Waals surface area contributed by atoms with E-state index in [1.165, 1.54) is 11.3 Å². The molecule has 0 radical (unpaired) electrons. The van der Waals surface area contributed by atoms with Crippen molar-refractivity contribution >= 4 is 61.5 Å². The summed E-state index contributed by atoms with van der Waals surface area (Å²) in [5, 5.41) is 3.03. The van der Waals surface area contributed by atoms with Gasteiger partial charge in [-0.2, -0.15) is 0 Å². The number of ether oxygens (including phenoxy) is 4. The van der Waals surface area contributed by atoms with Gasteiger partial charge in [-0.1, -0.05) is 45.4 Å². The Kier molecular flexibility index (Phi) is 11.9. The number of hydrogen-bond donors (Lipinski definition) is 1. The zero-order chi connectivity index (χ0) is 41.8. The summed E-state index contributed by atoms with van der Waals surface area (Å²) in [5.74, 6) is -0.770. The van der Waals surface area contributed by atoms with Gasteiger partial charge in [0.2, 0.25) is 15.9 Å². The molecule has 0 spiro atoms. The monoisotopic (exact) mass is 869 g/mol. The Bertz CT molecular complexity index is 2240. The lowest BCUT2D eigenvalue weighted by atomic mass is 9.91. The average Bonchev–Trinajstić information content (AvgIpc) is 4.10. The number of benzene rings is 1. The molecule has 2 aliphatic carbocycles. The second-order valence-electron chi connectivity index (χ2n) is 17.1. The van der Waals surface area contributed by atoms with Crippen LogP contribution in [-0.4, -0.2) is 121 Å². The largest absolute Gasteiger partial charge is 0.491 e. The third-order valence-corrected chi connectivity index (χ3v) is 15.4. The van der Waals surface area contributed by atoms with Gasteiger partial charge in [-0.05, 0) is 49.1 Å². The lowest BCUT2D eigenvalue weighted by Crippen LogP contribution is -2.58. The van der Waals surface area contributed by atoms with Gasteiger partial charge in [-0.25, -0.2) is 18.4 Å². The number of ketones is 1. The van der Waals surface area contributed by atoms with E-state index in [1.807, 2.05) is 31.4 Å². The highest BCUT2D eigenvalue weighted by Gasteiger charge is 2.62. The summed E-state index contributed by atoms with van der Waals surface area (Å²) in [5.41, 5.74) is 0.672. The molecule has 3 saturated heterocycles. The number of morpholine rings is 2. The minimum Gasteiger partial charge on any atom is -0.491 e. The van der Waals surface area contributed by atoms with E-state index in [9.17, 15) is 22.8 Å². The van der Waals surface area contributed by atoms with E-state index in [0.717, 1.165) is 18.8 Å². The number of halogens is 1. The first kappa shape index (κ1) is 42.0. The normalized spacial score (nSPS) is 27.3. The highest BCUT2D eigenvalue weighted by molar-refractivity contribution is 7.90. The first-order valence-electron chi connectivity index (χ1n) is 20.5. The van der Waals surface area contributed by atoms with Gasteiger partial charge in [0, 0.05) is 49.3 Å². The van der Waals surface area contributed by atoms with Crippen LogP contribution in [0.5, 0.6) is 11.5 Å². The Balaban J connectivity index is 1.11. The van der Waals surface area contributed by atoms with Gasteiger partial charge in [0.05, 0.1) is 53.8 Å². The van der Waals surface area contributed by atoms with Crippen LogP contribution in [0, 0.1) is 17.3 Å². The molecule has 17 heteroatoms. The van der Waals surface area contributed by atoms with Crippen LogP contribution in [0.1, 0.15) is 71.4 Å². The standard InChI is InChI=1S/C42H52ClN5O9S2/c1-6-25-19-42(25,41(51)46-59(52,53)26-7-8-26)20-32(49)30-18-35(31-21-56-38(24(4)5)40(50)48(30)31)57-34-17-28(39-45-29(22-58-39)23(2)3)44-37-27(34)9-10-33(36(37)43)55-16-13-47-11-14-54-15-12-47/h6,9-10,17,22-26,30-31,35,38H,1,7-8,11-16,18-21H2,2-5H3,(H,46,51)/t25-,30+,31-,35-,38+,42-/m1/s1. The van der Waals surface area contributed by atoms with Crippen molar-refractivity contribution in [3.8, 4) is 22.2 Å². The Hall–Kier alpha value is -3.67. The van der Waals surface area contributed by atoms with E-state index in [2.05, 4.69) is 30.0 Å². The highest BCUT2D eigenvalue weighted by atomic mass is 35.5. The lowest BCUT2D eigenvalue weighted by molar-refractivity contribution is -0.167. The number of rotatable bonds is 16. The van der Waals surface area contributed by atoms with Gasteiger partial charge >= 0.3 is 0 Å². The number of fused-ring (bicyclic) bond motifs is 2. The molecule has 5 aliphatic rings. The molecule has 2 saturated carbocycles. The summed E-state index contributed by atoms with van der Waals surface area (Å²) in [6, 6.07) is 3.91. The molecule has 3 aromatic rings. The number of amides is 2. The zero-order valence-electron chi connectivity index (χ0n) is 33.9. The van der Waals surface area contributed by atoms with E-state index >= 15 is 0 Å². The van der Waals surface area contributed by atoms with Gasteiger partial charge in [0.25, 0.3) is 5.91 Å². The number of aromatic nitrogens is 2. The van der Waals surface area contributed by atoms with Crippen LogP contribution in [-0.2, 0) is 33.9 Å².